The minimum absolute atomic E-state index is 0.00727. The normalized spacial score (nSPS) is 21.6. The van der Waals surface area contributed by atoms with E-state index in [-0.39, 0.29) is 28.8 Å². The number of rotatable bonds is 5. The SMILES string of the molecule is Cc1cccc(C)c1-c1cc2nc(n1)NS(=O)(=O)c1cccc(c1)C1CCN(Cc3ccccc3)C[C@H](O2)[C@@H]1CC(C)C. The van der Waals surface area contributed by atoms with Gasteiger partial charge in [0.15, 0.2) is 0 Å². The highest BCUT2D eigenvalue weighted by atomic mass is 32.2. The molecule has 1 fully saturated rings. The number of aromatic nitrogens is 2. The molecular formula is C35H40N4O3S. The Morgan fingerprint density at radius 1 is 0.953 bits per heavy atom. The number of ether oxygens (including phenoxy) is 1. The van der Waals surface area contributed by atoms with Gasteiger partial charge in [0, 0.05) is 30.6 Å². The lowest BCUT2D eigenvalue weighted by Gasteiger charge is -2.34. The van der Waals surface area contributed by atoms with E-state index in [4.69, 9.17) is 9.72 Å². The van der Waals surface area contributed by atoms with Crippen molar-refractivity contribution >= 4 is 16.0 Å². The van der Waals surface area contributed by atoms with Crippen LogP contribution in [-0.4, -0.2) is 42.5 Å². The number of anilines is 1. The van der Waals surface area contributed by atoms with Gasteiger partial charge in [0.25, 0.3) is 10.0 Å². The minimum atomic E-state index is -3.94. The summed E-state index contributed by atoms with van der Waals surface area (Å²) in [5.41, 5.74) is 5.98. The van der Waals surface area contributed by atoms with Crippen LogP contribution in [0.1, 0.15) is 54.9 Å². The number of fused-ring (bicyclic) bond motifs is 7. The monoisotopic (exact) mass is 596 g/mol. The Morgan fingerprint density at radius 3 is 2.44 bits per heavy atom. The van der Waals surface area contributed by atoms with Gasteiger partial charge >= 0.3 is 0 Å². The molecule has 8 heteroatoms. The van der Waals surface area contributed by atoms with E-state index in [2.05, 4.69) is 58.8 Å². The summed E-state index contributed by atoms with van der Waals surface area (Å²) in [5.74, 6) is 1.11. The molecule has 3 aromatic carbocycles. The molecule has 2 aliphatic rings. The Hall–Kier alpha value is -3.75. The van der Waals surface area contributed by atoms with Crippen LogP contribution in [0.15, 0.2) is 83.8 Å². The molecule has 4 aromatic rings. The Bertz CT molecular complexity index is 1690. The average Bonchev–Trinajstić information content (AvgIpc) is 3.11. The van der Waals surface area contributed by atoms with Crippen LogP contribution < -0.4 is 9.46 Å². The van der Waals surface area contributed by atoms with E-state index in [1.54, 1.807) is 6.07 Å². The molecule has 0 aliphatic carbocycles. The van der Waals surface area contributed by atoms with E-state index in [1.165, 1.54) is 5.56 Å². The molecule has 1 aromatic heterocycles. The van der Waals surface area contributed by atoms with E-state index < -0.39 is 10.0 Å². The summed E-state index contributed by atoms with van der Waals surface area (Å²) in [5, 5.41) is 0. The molecule has 224 valence electrons. The van der Waals surface area contributed by atoms with Gasteiger partial charge in [0.2, 0.25) is 11.8 Å². The zero-order valence-electron chi connectivity index (χ0n) is 25.3. The molecular weight excluding hydrogens is 556 g/mol. The van der Waals surface area contributed by atoms with Gasteiger partial charge < -0.3 is 4.74 Å². The Kier molecular flexibility index (Phi) is 8.25. The number of hydrogen-bond acceptors (Lipinski definition) is 6. The molecule has 1 saturated heterocycles. The van der Waals surface area contributed by atoms with Gasteiger partial charge in [-0.2, -0.15) is 4.98 Å². The van der Waals surface area contributed by atoms with Gasteiger partial charge in [-0.3, -0.25) is 4.90 Å². The number of sulfonamides is 1. The second kappa shape index (κ2) is 12.1. The van der Waals surface area contributed by atoms with Crippen molar-refractivity contribution in [2.45, 2.75) is 64.0 Å². The summed E-state index contributed by atoms with van der Waals surface area (Å²) < 4.78 is 36.9. The largest absolute Gasteiger partial charge is 0.473 e. The van der Waals surface area contributed by atoms with Crippen molar-refractivity contribution in [3.63, 3.8) is 0 Å². The van der Waals surface area contributed by atoms with E-state index in [0.717, 1.165) is 54.7 Å². The van der Waals surface area contributed by atoms with Crippen molar-refractivity contribution < 1.29 is 13.2 Å². The number of benzene rings is 3. The van der Waals surface area contributed by atoms with E-state index in [0.29, 0.717) is 17.5 Å². The van der Waals surface area contributed by atoms with Crippen molar-refractivity contribution in [3.05, 3.63) is 101 Å². The van der Waals surface area contributed by atoms with Crippen molar-refractivity contribution in [1.82, 2.24) is 14.9 Å². The first-order valence-electron chi connectivity index (χ1n) is 15.2. The second-order valence-corrected chi connectivity index (χ2v) is 14.1. The molecule has 0 radical (unpaired) electrons. The van der Waals surface area contributed by atoms with E-state index in [1.807, 2.05) is 56.3 Å². The number of hydrogen-bond donors (Lipinski definition) is 1. The predicted molar refractivity (Wildman–Crippen MR) is 171 cm³/mol. The number of likely N-dealkylation sites (tertiary alicyclic amines) is 1. The molecule has 0 amide bonds. The third-order valence-corrected chi connectivity index (χ3v) is 10.0. The third-order valence-electron chi connectivity index (χ3n) is 8.72. The highest BCUT2D eigenvalue weighted by molar-refractivity contribution is 7.92. The van der Waals surface area contributed by atoms with Crippen LogP contribution in [0.2, 0.25) is 0 Å². The number of nitrogens with one attached hydrogen (secondary N) is 1. The molecule has 1 N–H and O–H groups in total. The average molecular weight is 597 g/mol. The van der Waals surface area contributed by atoms with E-state index >= 15 is 0 Å². The second-order valence-electron chi connectivity index (χ2n) is 12.4. The molecule has 0 saturated carbocycles. The molecule has 1 unspecified atom stereocenters. The Morgan fingerprint density at radius 2 is 1.70 bits per heavy atom. The summed E-state index contributed by atoms with van der Waals surface area (Å²) in [6, 6.07) is 25.9. The van der Waals surface area contributed by atoms with Crippen LogP contribution in [0.4, 0.5) is 5.95 Å². The maximum absolute atomic E-state index is 13.7. The van der Waals surface area contributed by atoms with Crippen LogP contribution in [-0.2, 0) is 16.6 Å². The Labute approximate surface area is 255 Å². The summed E-state index contributed by atoms with van der Waals surface area (Å²) in [4.78, 5) is 12.0. The summed E-state index contributed by atoms with van der Waals surface area (Å²) in [7, 11) is -3.94. The van der Waals surface area contributed by atoms with Gasteiger partial charge in [-0.15, -0.1) is 0 Å². The summed E-state index contributed by atoms with van der Waals surface area (Å²) in [6.07, 6.45) is 1.70. The van der Waals surface area contributed by atoms with Gasteiger partial charge in [-0.1, -0.05) is 74.5 Å². The zero-order chi connectivity index (χ0) is 30.1. The molecule has 0 spiro atoms. The van der Waals surface area contributed by atoms with Gasteiger partial charge in [-0.25, -0.2) is 18.1 Å². The zero-order valence-corrected chi connectivity index (χ0v) is 26.1. The van der Waals surface area contributed by atoms with E-state index in [9.17, 15) is 8.42 Å². The fourth-order valence-corrected chi connectivity index (χ4v) is 7.78. The first kappa shape index (κ1) is 29.3. The molecule has 3 heterocycles. The first-order valence-corrected chi connectivity index (χ1v) is 16.7. The molecule has 6 bridgehead atoms. The van der Waals surface area contributed by atoms with Crippen LogP contribution in [0.3, 0.4) is 0 Å². The van der Waals surface area contributed by atoms with Crippen LogP contribution >= 0.6 is 0 Å². The van der Waals surface area contributed by atoms with Crippen LogP contribution in [0.5, 0.6) is 5.88 Å². The lowest BCUT2D eigenvalue weighted by molar-refractivity contribution is 0.0782. The van der Waals surface area contributed by atoms with Crippen LogP contribution in [0.25, 0.3) is 11.3 Å². The van der Waals surface area contributed by atoms with Gasteiger partial charge in [-0.05, 0) is 79.5 Å². The van der Waals surface area contributed by atoms with Crippen molar-refractivity contribution in [2.75, 3.05) is 17.8 Å². The van der Waals surface area contributed by atoms with Crippen molar-refractivity contribution in [1.29, 1.82) is 0 Å². The maximum Gasteiger partial charge on any atom is 0.264 e. The third kappa shape index (κ3) is 6.45. The molecule has 6 rings (SSSR count). The summed E-state index contributed by atoms with van der Waals surface area (Å²) in [6.45, 7) is 11.0. The van der Waals surface area contributed by atoms with Gasteiger partial charge in [0.1, 0.15) is 6.10 Å². The number of nitrogens with zero attached hydrogens (tertiary/aromatic N) is 3. The Balaban J connectivity index is 1.52. The lowest BCUT2D eigenvalue weighted by Crippen LogP contribution is -2.39. The van der Waals surface area contributed by atoms with Crippen molar-refractivity contribution in [2.24, 2.45) is 11.8 Å². The minimum Gasteiger partial charge on any atom is -0.473 e. The summed E-state index contributed by atoms with van der Waals surface area (Å²) >= 11 is 0. The highest BCUT2D eigenvalue weighted by Crippen LogP contribution is 2.41. The first-order chi connectivity index (χ1) is 20.7. The molecule has 2 aliphatic heterocycles. The topological polar surface area (TPSA) is 84.4 Å². The fraction of sp³-hybridized carbons (Fsp3) is 0.371. The van der Waals surface area contributed by atoms with Gasteiger partial charge in [0.05, 0.1) is 10.6 Å². The quantitative estimate of drug-likeness (QED) is 0.268. The fourth-order valence-electron chi connectivity index (χ4n) is 6.78. The maximum atomic E-state index is 13.7. The highest BCUT2D eigenvalue weighted by Gasteiger charge is 2.38. The smallest absolute Gasteiger partial charge is 0.264 e. The lowest BCUT2D eigenvalue weighted by atomic mass is 9.77. The molecule has 3 atom stereocenters. The standard InChI is InChI=1S/C35H40N4O3S/c1-23(2)18-30-29-16-17-39(21-26-12-6-5-7-13-26)22-32(30)42-33-20-31(34-24(3)10-8-11-25(34)4)36-35(37-33)38-43(40,41)28-15-9-14-27(29)19-28/h5-15,19-20,23,29-30,32H,16-18,21-22H2,1-4H3,(H,36,37,38)/t29?,30-,32+/m1/s1. The molecule has 43 heavy (non-hydrogen) atoms. The molecule has 7 nitrogen and oxygen atoms in total. The predicted octanol–water partition coefficient (Wildman–Crippen LogP) is 6.97. The number of aryl methyl sites for hydroxylation is 2. The van der Waals surface area contributed by atoms with Crippen molar-refractivity contribution in [3.8, 4) is 17.1 Å². The van der Waals surface area contributed by atoms with Crippen LogP contribution in [0, 0.1) is 25.7 Å².